The lowest BCUT2D eigenvalue weighted by Gasteiger charge is -2.28. The first-order valence-electron chi connectivity index (χ1n) is 10.6. The van der Waals surface area contributed by atoms with Crippen LogP contribution in [0, 0.1) is 0 Å². The average Bonchev–Trinajstić information content (AvgIpc) is 3.10. The number of anilines is 1. The first-order valence-corrected chi connectivity index (χ1v) is 10.6. The number of ether oxygens (including phenoxy) is 1. The molecule has 0 saturated carbocycles. The van der Waals surface area contributed by atoms with E-state index >= 15 is 0 Å². The summed E-state index contributed by atoms with van der Waals surface area (Å²) in [5.74, 6) is -0.918. The number of Topliss-reactive ketones (excluding diaryl/α,β-unsaturated/α-hetero) is 1. The zero-order valence-electron chi connectivity index (χ0n) is 18.0. The molecular formula is C25H22N4O4. The molecule has 1 aromatic carbocycles. The number of amides is 1. The quantitative estimate of drug-likeness (QED) is 0.377. The fraction of sp³-hybridized carbons (Fsp3) is 0.200. The number of aliphatic hydroxyl groups is 1. The Morgan fingerprint density at radius 2 is 1.91 bits per heavy atom. The monoisotopic (exact) mass is 442 g/mol. The highest BCUT2D eigenvalue weighted by Crippen LogP contribution is 2.41. The van der Waals surface area contributed by atoms with Crippen LogP contribution in [0.4, 0.5) is 5.69 Å². The van der Waals surface area contributed by atoms with Crippen LogP contribution in [-0.4, -0.2) is 51.9 Å². The Labute approximate surface area is 190 Å². The molecule has 0 bridgehead atoms. The second-order valence-corrected chi connectivity index (χ2v) is 8.03. The summed E-state index contributed by atoms with van der Waals surface area (Å²) in [6.45, 7) is 1.47. The van der Waals surface area contributed by atoms with Gasteiger partial charge in [0.25, 0.3) is 11.7 Å². The van der Waals surface area contributed by atoms with Gasteiger partial charge in [0, 0.05) is 43.9 Å². The fourth-order valence-corrected chi connectivity index (χ4v) is 4.27. The molecule has 1 amide bonds. The summed E-state index contributed by atoms with van der Waals surface area (Å²) in [5, 5.41) is 11.3. The minimum atomic E-state index is -0.774. The van der Waals surface area contributed by atoms with Crippen LogP contribution in [-0.2, 0) is 16.1 Å². The van der Waals surface area contributed by atoms with Gasteiger partial charge in [-0.2, -0.15) is 0 Å². The summed E-state index contributed by atoms with van der Waals surface area (Å²) in [6, 6.07) is 11.6. The maximum Gasteiger partial charge on any atom is 0.295 e. The molecule has 1 atom stereocenters. The second-order valence-electron chi connectivity index (χ2n) is 8.03. The van der Waals surface area contributed by atoms with Gasteiger partial charge in [-0.1, -0.05) is 12.1 Å². The number of ketones is 1. The first-order chi connectivity index (χ1) is 16.0. The Bertz CT molecular complexity index is 1240. The predicted octanol–water partition coefficient (Wildman–Crippen LogP) is 2.93. The first kappa shape index (κ1) is 20.7. The van der Waals surface area contributed by atoms with Crippen LogP contribution in [0.1, 0.15) is 22.7 Å². The largest absolute Gasteiger partial charge is 0.507 e. The van der Waals surface area contributed by atoms with Crippen molar-refractivity contribution < 1.29 is 19.4 Å². The van der Waals surface area contributed by atoms with Crippen LogP contribution in [0.5, 0.6) is 5.75 Å². The van der Waals surface area contributed by atoms with Gasteiger partial charge >= 0.3 is 0 Å². The van der Waals surface area contributed by atoms with E-state index in [1.807, 2.05) is 18.0 Å². The predicted molar refractivity (Wildman–Crippen MR) is 122 cm³/mol. The number of aliphatic hydroxyl groups excluding tert-OH is 1. The number of rotatable bonds is 4. The van der Waals surface area contributed by atoms with Gasteiger partial charge in [-0.25, -0.2) is 0 Å². The molecule has 0 aliphatic carbocycles. The fourth-order valence-electron chi connectivity index (χ4n) is 4.27. The number of likely N-dealkylation sites (N-methyl/N-ethyl adjacent to an activating group) is 1. The highest BCUT2D eigenvalue weighted by atomic mass is 16.5. The third-order valence-corrected chi connectivity index (χ3v) is 5.94. The van der Waals surface area contributed by atoms with E-state index in [2.05, 4.69) is 9.97 Å². The second kappa shape index (κ2) is 8.38. The van der Waals surface area contributed by atoms with Crippen molar-refractivity contribution in [3.05, 3.63) is 89.5 Å². The van der Waals surface area contributed by atoms with Crippen LogP contribution in [0.15, 0.2) is 72.8 Å². The molecule has 1 saturated heterocycles. The molecule has 166 valence electrons. The Morgan fingerprint density at radius 1 is 1.12 bits per heavy atom. The SMILES string of the molecule is CN1CCOc2ccc(/C(O)=C3/C(=O)C(=O)N(Cc4cccnc4)C3c3cccnc3)cc21. The summed E-state index contributed by atoms with van der Waals surface area (Å²) in [4.78, 5) is 38.0. The molecular weight excluding hydrogens is 420 g/mol. The third kappa shape index (κ3) is 3.69. The Kier molecular flexibility index (Phi) is 5.26. The van der Waals surface area contributed by atoms with Crippen LogP contribution >= 0.6 is 0 Å². The molecule has 8 nitrogen and oxygen atoms in total. The van der Waals surface area contributed by atoms with Crippen molar-refractivity contribution in [1.82, 2.24) is 14.9 Å². The Hall–Kier alpha value is -4.20. The molecule has 1 N–H and O–H groups in total. The minimum absolute atomic E-state index is 0.0382. The molecule has 2 aromatic heterocycles. The summed E-state index contributed by atoms with van der Waals surface area (Å²) in [6.07, 6.45) is 6.52. The Balaban J connectivity index is 1.63. The zero-order chi connectivity index (χ0) is 22.9. The number of benzene rings is 1. The van der Waals surface area contributed by atoms with Gasteiger partial charge in [0.15, 0.2) is 0 Å². The summed E-state index contributed by atoms with van der Waals surface area (Å²) in [5.41, 5.74) is 2.71. The topological polar surface area (TPSA) is 95.9 Å². The number of carbonyl (C=O) groups is 2. The van der Waals surface area contributed by atoms with Gasteiger partial charge in [-0.3, -0.25) is 19.6 Å². The van der Waals surface area contributed by atoms with Gasteiger partial charge in [-0.05, 0) is 41.5 Å². The molecule has 5 rings (SSSR count). The number of aromatic nitrogens is 2. The van der Waals surface area contributed by atoms with Gasteiger partial charge < -0.3 is 19.6 Å². The van der Waals surface area contributed by atoms with Crippen LogP contribution < -0.4 is 9.64 Å². The smallest absolute Gasteiger partial charge is 0.295 e. The molecule has 2 aliphatic heterocycles. The van der Waals surface area contributed by atoms with Gasteiger partial charge in [0.05, 0.1) is 23.8 Å². The van der Waals surface area contributed by atoms with Crippen LogP contribution in [0.25, 0.3) is 5.76 Å². The molecule has 3 aromatic rings. The molecule has 33 heavy (non-hydrogen) atoms. The van der Waals surface area contributed by atoms with Gasteiger partial charge in [0.1, 0.15) is 18.1 Å². The van der Waals surface area contributed by atoms with Crippen molar-refractivity contribution in [3.63, 3.8) is 0 Å². The van der Waals surface area contributed by atoms with Crippen molar-refractivity contribution in [2.45, 2.75) is 12.6 Å². The lowest BCUT2D eigenvalue weighted by Crippen LogP contribution is -2.29. The molecule has 0 spiro atoms. The number of nitrogens with zero attached hydrogens (tertiary/aromatic N) is 4. The van der Waals surface area contributed by atoms with E-state index in [1.54, 1.807) is 61.2 Å². The number of carbonyl (C=O) groups excluding carboxylic acids is 2. The van der Waals surface area contributed by atoms with Crippen molar-refractivity contribution in [1.29, 1.82) is 0 Å². The standard InChI is InChI=1S/C25H22N4O4/c1-28-10-11-33-20-7-6-17(12-19(20)28)23(30)21-22(18-5-3-9-27-14-18)29(25(32)24(21)31)15-16-4-2-8-26-13-16/h2-9,12-14,22,30H,10-11,15H2,1H3/b23-21-. The summed E-state index contributed by atoms with van der Waals surface area (Å²) in [7, 11) is 1.94. The molecule has 2 aliphatic rings. The normalized spacial score (nSPS) is 19.4. The number of pyridine rings is 2. The van der Waals surface area contributed by atoms with E-state index in [0.29, 0.717) is 30.0 Å². The van der Waals surface area contributed by atoms with Crippen molar-refractivity contribution >= 4 is 23.1 Å². The minimum Gasteiger partial charge on any atom is -0.507 e. The lowest BCUT2D eigenvalue weighted by molar-refractivity contribution is -0.140. The van der Waals surface area contributed by atoms with Crippen molar-refractivity contribution in [2.75, 3.05) is 25.1 Å². The summed E-state index contributed by atoms with van der Waals surface area (Å²) >= 11 is 0. The van der Waals surface area contributed by atoms with E-state index in [4.69, 9.17) is 4.74 Å². The van der Waals surface area contributed by atoms with Crippen LogP contribution in [0.3, 0.4) is 0 Å². The van der Waals surface area contributed by atoms with E-state index in [-0.39, 0.29) is 17.9 Å². The van der Waals surface area contributed by atoms with Gasteiger partial charge in [0.2, 0.25) is 0 Å². The van der Waals surface area contributed by atoms with Crippen molar-refractivity contribution in [2.24, 2.45) is 0 Å². The van der Waals surface area contributed by atoms with E-state index in [9.17, 15) is 14.7 Å². The molecule has 1 fully saturated rings. The van der Waals surface area contributed by atoms with Gasteiger partial charge in [-0.15, -0.1) is 0 Å². The Morgan fingerprint density at radius 3 is 2.64 bits per heavy atom. The highest BCUT2D eigenvalue weighted by molar-refractivity contribution is 6.46. The third-order valence-electron chi connectivity index (χ3n) is 5.94. The molecule has 4 heterocycles. The molecule has 8 heteroatoms. The average molecular weight is 442 g/mol. The summed E-state index contributed by atoms with van der Waals surface area (Å²) < 4.78 is 5.68. The number of hydrogen-bond donors (Lipinski definition) is 1. The molecule has 0 radical (unpaired) electrons. The number of likely N-dealkylation sites (tertiary alicyclic amines) is 1. The van der Waals surface area contributed by atoms with E-state index in [0.717, 1.165) is 11.3 Å². The maximum absolute atomic E-state index is 13.2. The maximum atomic E-state index is 13.2. The van der Waals surface area contributed by atoms with Crippen LogP contribution in [0.2, 0.25) is 0 Å². The number of hydrogen-bond acceptors (Lipinski definition) is 7. The van der Waals surface area contributed by atoms with E-state index in [1.165, 1.54) is 4.90 Å². The highest BCUT2D eigenvalue weighted by Gasteiger charge is 2.46. The molecule has 1 unspecified atom stereocenters. The zero-order valence-corrected chi connectivity index (χ0v) is 18.0. The lowest BCUT2D eigenvalue weighted by atomic mass is 9.96. The number of fused-ring (bicyclic) bond motifs is 1. The van der Waals surface area contributed by atoms with E-state index < -0.39 is 17.7 Å². The van der Waals surface area contributed by atoms with Crippen molar-refractivity contribution in [3.8, 4) is 5.75 Å².